The molecule has 0 aliphatic rings. The molecule has 1 N–H and O–H groups in total. The van der Waals surface area contributed by atoms with Crippen molar-refractivity contribution in [3.8, 4) is 0 Å². The topological polar surface area (TPSA) is 72.2 Å². The molecule has 1 atom stereocenters. The number of imidazole rings is 1. The van der Waals surface area contributed by atoms with E-state index in [0.29, 0.717) is 16.6 Å². The summed E-state index contributed by atoms with van der Waals surface area (Å²) in [5.41, 5.74) is 1.50. The first-order chi connectivity index (χ1) is 10.9. The second-order valence-corrected chi connectivity index (χ2v) is 7.25. The Labute approximate surface area is 132 Å². The van der Waals surface area contributed by atoms with Crippen LogP contribution in [0.5, 0.6) is 0 Å². The van der Waals surface area contributed by atoms with Crippen LogP contribution in [0.2, 0.25) is 0 Å². The number of aromatic nitrogens is 2. The lowest BCUT2D eigenvalue weighted by Gasteiger charge is -2.14. The standard InChI is InChI=1S/C16H15FN2O3S/c1-23(21,22)16-18-13-7-2-3-8-14(13)19(16)10-15(20)11-5-4-6-12(17)9-11/h2-9,15,20H,10H2,1H3. The van der Waals surface area contributed by atoms with Gasteiger partial charge in [-0.2, -0.15) is 0 Å². The fourth-order valence-corrected chi connectivity index (χ4v) is 3.34. The van der Waals surface area contributed by atoms with Crippen LogP contribution in [0.1, 0.15) is 11.7 Å². The van der Waals surface area contributed by atoms with Gasteiger partial charge in [0.05, 0.1) is 23.7 Å². The Hall–Kier alpha value is -2.25. The van der Waals surface area contributed by atoms with Crippen molar-refractivity contribution in [1.82, 2.24) is 9.55 Å². The molecule has 0 bridgehead atoms. The normalized spacial score (nSPS) is 13.3. The maximum absolute atomic E-state index is 13.3. The number of hydrogen-bond acceptors (Lipinski definition) is 4. The van der Waals surface area contributed by atoms with Crippen molar-refractivity contribution in [3.63, 3.8) is 0 Å². The van der Waals surface area contributed by atoms with Crippen LogP contribution in [-0.2, 0) is 16.4 Å². The molecule has 3 rings (SSSR count). The van der Waals surface area contributed by atoms with E-state index in [1.807, 2.05) is 0 Å². The number of para-hydroxylation sites is 2. The Morgan fingerprint density at radius 2 is 1.96 bits per heavy atom. The molecule has 0 aliphatic heterocycles. The van der Waals surface area contributed by atoms with Crippen LogP contribution in [0.15, 0.2) is 53.7 Å². The van der Waals surface area contributed by atoms with Crippen LogP contribution in [0.3, 0.4) is 0 Å². The third kappa shape index (κ3) is 3.11. The van der Waals surface area contributed by atoms with E-state index in [9.17, 15) is 17.9 Å². The van der Waals surface area contributed by atoms with Gasteiger partial charge in [-0.15, -0.1) is 0 Å². The van der Waals surface area contributed by atoms with E-state index >= 15 is 0 Å². The van der Waals surface area contributed by atoms with Gasteiger partial charge >= 0.3 is 0 Å². The van der Waals surface area contributed by atoms with E-state index in [0.717, 1.165) is 6.26 Å². The smallest absolute Gasteiger partial charge is 0.228 e. The summed E-state index contributed by atoms with van der Waals surface area (Å²) in [6.07, 6.45) is 0.0167. The van der Waals surface area contributed by atoms with Crippen molar-refractivity contribution in [2.75, 3.05) is 6.26 Å². The molecule has 2 aromatic carbocycles. The molecule has 1 aromatic heterocycles. The highest BCUT2D eigenvalue weighted by molar-refractivity contribution is 7.90. The SMILES string of the molecule is CS(=O)(=O)c1nc2ccccc2n1CC(O)c1cccc(F)c1. The number of rotatable bonds is 4. The molecule has 7 heteroatoms. The molecular weight excluding hydrogens is 319 g/mol. The molecule has 120 valence electrons. The number of nitrogens with zero attached hydrogens (tertiary/aromatic N) is 2. The predicted molar refractivity (Wildman–Crippen MR) is 84.2 cm³/mol. The number of halogens is 1. The molecule has 5 nitrogen and oxygen atoms in total. The summed E-state index contributed by atoms with van der Waals surface area (Å²) >= 11 is 0. The molecule has 3 aromatic rings. The second-order valence-electron chi connectivity index (χ2n) is 5.34. The summed E-state index contributed by atoms with van der Waals surface area (Å²) in [6.45, 7) is -0.0353. The Bertz CT molecular complexity index is 966. The largest absolute Gasteiger partial charge is 0.387 e. The summed E-state index contributed by atoms with van der Waals surface area (Å²) in [7, 11) is -3.56. The van der Waals surface area contributed by atoms with Gasteiger partial charge in [0.1, 0.15) is 5.82 Å². The van der Waals surface area contributed by atoms with Crippen LogP contribution < -0.4 is 0 Å². The first-order valence-electron chi connectivity index (χ1n) is 6.95. The quantitative estimate of drug-likeness (QED) is 0.795. The molecule has 0 aliphatic carbocycles. The number of aliphatic hydroxyl groups is 1. The maximum atomic E-state index is 13.3. The van der Waals surface area contributed by atoms with Crippen LogP contribution in [0.4, 0.5) is 4.39 Å². The first kappa shape index (κ1) is 15.6. The lowest BCUT2D eigenvalue weighted by Crippen LogP contribution is -2.14. The van der Waals surface area contributed by atoms with Crippen LogP contribution >= 0.6 is 0 Å². The molecule has 0 spiro atoms. The zero-order chi connectivity index (χ0) is 16.6. The average molecular weight is 334 g/mol. The van der Waals surface area contributed by atoms with E-state index in [4.69, 9.17) is 0 Å². The van der Waals surface area contributed by atoms with Gasteiger partial charge < -0.3 is 9.67 Å². The molecule has 0 saturated carbocycles. The summed E-state index contributed by atoms with van der Waals surface area (Å²) in [5, 5.41) is 10.2. The molecule has 0 saturated heterocycles. The van der Waals surface area contributed by atoms with Crippen molar-refractivity contribution in [2.45, 2.75) is 17.8 Å². The van der Waals surface area contributed by atoms with Gasteiger partial charge in [-0.05, 0) is 29.8 Å². The van der Waals surface area contributed by atoms with Crippen molar-refractivity contribution >= 4 is 20.9 Å². The van der Waals surface area contributed by atoms with Crippen LogP contribution in [-0.4, -0.2) is 29.3 Å². The Kier molecular flexibility index (Phi) is 3.91. The van der Waals surface area contributed by atoms with Gasteiger partial charge in [0.2, 0.25) is 15.0 Å². The summed E-state index contributed by atoms with van der Waals surface area (Å²) in [5.74, 6) is -0.458. The zero-order valence-electron chi connectivity index (χ0n) is 12.3. The van der Waals surface area contributed by atoms with Crippen molar-refractivity contribution in [3.05, 3.63) is 59.9 Å². The molecular formula is C16H15FN2O3S. The van der Waals surface area contributed by atoms with Crippen molar-refractivity contribution in [2.24, 2.45) is 0 Å². The minimum Gasteiger partial charge on any atom is -0.387 e. The molecule has 1 unspecified atom stereocenters. The highest BCUT2D eigenvalue weighted by atomic mass is 32.2. The van der Waals surface area contributed by atoms with Gasteiger partial charge in [-0.1, -0.05) is 24.3 Å². The van der Waals surface area contributed by atoms with Crippen molar-refractivity contribution < 1.29 is 17.9 Å². The van der Waals surface area contributed by atoms with Gasteiger partial charge in [-0.25, -0.2) is 17.8 Å². The van der Waals surface area contributed by atoms with E-state index < -0.39 is 21.8 Å². The van der Waals surface area contributed by atoms with E-state index in [1.165, 1.54) is 22.8 Å². The highest BCUT2D eigenvalue weighted by Gasteiger charge is 2.21. The van der Waals surface area contributed by atoms with Crippen LogP contribution in [0.25, 0.3) is 11.0 Å². The number of aliphatic hydroxyl groups excluding tert-OH is 1. The third-order valence-corrected chi connectivity index (χ3v) is 4.52. The predicted octanol–water partition coefficient (Wildman–Crippen LogP) is 2.31. The van der Waals surface area contributed by atoms with Gasteiger partial charge in [0.25, 0.3) is 0 Å². The first-order valence-corrected chi connectivity index (χ1v) is 8.84. The molecule has 1 heterocycles. The molecule has 23 heavy (non-hydrogen) atoms. The van der Waals surface area contributed by atoms with E-state index in [1.54, 1.807) is 30.3 Å². The average Bonchev–Trinajstić information content (AvgIpc) is 2.86. The van der Waals surface area contributed by atoms with Gasteiger partial charge in [-0.3, -0.25) is 0 Å². The molecule has 0 amide bonds. The number of benzene rings is 2. The lowest BCUT2D eigenvalue weighted by molar-refractivity contribution is 0.154. The fraction of sp³-hybridized carbons (Fsp3) is 0.188. The summed E-state index contributed by atoms with van der Waals surface area (Å²) < 4.78 is 38.7. The van der Waals surface area contributed by atoms with E-state index in [-0.39, 0.29) is 11.7 Å². The Morgan fingerprint density at radius 1 is 1.22 bits per heavy atom. The fourth-order valence-electron chi connectivity index (χ4n) is 2.51. The number of fused-ring (bicyclic) bond motifs is 1. The summed E-state index contributed by atoms with van der Waals surface area (Å²) in [4.78, 5) is 4.14. The van der Waals surface area contributed by atoms with E-state index in [2.05, 4.69) is 4.98 Å². The minimum atomic E-state index is -3.56. The number of sulfone groups is 1. The van der Waals surface area contributed by atoms with Crippen LogP contribution in [0, 0.1) is 5.82 Å². The Balaban J connectivity index is 2.08. The highest BCUT2D eigenvalue weighted by Crippen LogP contribution is 2.24. The molecule has 0 fully saturated rings. The summed E-state index contributed by atoms with van der Waals surface area (Å²) in [6, 6.07) is 12.6. The second kappa shape index (κ2) is 5.75. The maximum Gasteiger partial charge on any atom is 0.228 e. The zero-order valence-corrected chi connectivity index (χ0v) is 13.2. The third-order valence-electron chi connectivity index (χ3n) is 3.54. The number of hydrogen-bond donors (Lipinski definition) is 1. The van der Waals surface area contributed by atoms with Crippen molar-refractivity contribution in [1.29, 1.82) is 0 Å². The lowest BCUT2D eigenvalue weighted by atomic mass is 10.1. The molecule has 0 radical (unpaired) electrons. The monoisotopic (exact) mass is 334 g/mol. The van der Waals surface area contributed by atoms with Gasteiger partial charge in [0.15, 0.2) is 0 Å². The minimum absolute atomic E-state index is 0.0353. The van der Waals surface area contributed by atoms with Gasteiger partial charge in [0, 0.05) is 6.26 Å². The Morgan fingerprint density at radius 3 is 2.65 bits per heavy atom.